The number of carbonyl (C=O) groups is 1. The van der Waals surface area contributed by atoms with Crippen LogP contribution in [0.5, 0.6) is 0 Å². The fourth-order valence-corrected chi connectivity index (χ4v) is 4.78. The standard InChI is InChI=1S/C17H9F3N4OS3/c18-17(19,20)9-3-4-11-10(8-9)12(5-6-21-11)27-16-24-23-15(28-16)22-14(25)13-2-1-7-26-13/h1-8H,(H,22,23,25). The van der Waals surface area contributed by atoms with Crippen molar-refractivity contribution in [2.24, 2.45) is 0 Å². The number of nitrogens with one attached hydrogen (secondary N) is 1. The molecule has 0 spiro atoms. The molecular formula is C17H9F3N4OS3. The van der Waals surface area contributed by atoms with Gasteiger partial charge in [-0.2, -0.15) is 13.2 Å². The molecule has 3 heterocycles. The Morgan fingerprint density at radius 2 is 2.00 bits per heavy atom. The summed E-state index contributed by atoms with van der Waals surface area (Å²) in [5.41, 5.74) is -0.287. The summed E-state index contributed by atoms with van der Waals surface area (Å²) < 4.78 is 39.6. The van der Waals surface area contributed by atoms with Crippen molar-refractivity contribution in [2.75, 3.05) is 5.32 Å². The van der Waals surface area contributed by atoms with E-state index in [4.69, 9.17) is 0 Å². The lowest BCUT2D eigenvalue weighted by Gasteiger charge is -2.09. The van der Waals surface area contributed by atoms with Gasteiger partial charge in [-0.1, -0.05) is 29.2 Å². The molecule has 0 saturated carbocycles. The minimum atomic E-state index is -4.44. The van der Waals surface area contributed by atoms with Crippen LogP contribution in [-0.4, -0.2) is 21.1 Å². The molecular weight excluding hydrogens is 429 g/mol. The summed E-state index contributed by atoms with van der Waals surface area (Å²) in [5.74, 6) is -0.285. The maximum absolute atomic E-state index is 13.0. The zero-order chi connectivity index (χ0) is 19.7. The van der Waals surface area contributed by atoms with E-state index in [1.807, 2.05) is 0 Å². The Morgan fingerprint density at radius 3 is 2.75 bits per heavy atom. The van der Waals surface area contributed by atoms with Crippen molar-refractivity contribution in [3.05, 3.63) is 58.4 Å². The van der Waals surface area contributed by atoms with Gasteiger partial charge in [0, 0.05) is 16.5 Å². The Labute approximate surface area is 168 Å². The second kappa shape index (κ2) is 7.49. The first-order valence-electron chi connectivity index (χ1n) is 7.72. The zero-order valence-corrected chi connectivity index (χ0v) is 16.2. The summed E-state index contributed by atoms with van der Waals surface area (Å²) in [6.45, 7) is 0. The Morgan fingerprint density at radius 1 is 1.14 bits per heavy atom. The second-order valence-corrected chi connectivity index (χ2v) is 8.66. The fourth-order valence-electron chi connectivity index (χ4n) is 2.35. The lowest BCUT2D eigenvalue weighted by Crippen LogP contribution is -2.09. The van der Waals surface area contributed by atoms with Gasteiger partial charge < -0.3 is 0 Å². The van der Waals surface area contributed by atoms with Gasteiger partial charge in [0.1, 0.15) is 0 Å². The van der Waals surface area contributed by atoms with Crippen LogP contribution in [0.4, 0.5) is 18.3 Å². The van der Waals surface area contributed by atoms with Crippen LogP contribution in [0.3, 0.4) is 0 Å². The number of nitrogens with zero attached hydrogens (tertiary/aromatic N) is 3. The lowest BCUT2D eigenvalue weighted by molar-refractivity contribution is -0.137. The maximum atomic E-state index is 13.0. The third-order valence-corrected chi connectivity index (χ3v) is 6.43. The molecule has 0 aliphatic carbocycles. The average Bonchev–Trinajstić information content (AvgIpc) is 3.33. The summed E-state index contributed by atoms with van der Waals surface area (Å²) in [6.07, 6.45) is -2.91. The number of aromatic nitrogens is 3. The summed E-state index contributed by atoms with van der Waals surface area (Å²) >= 11 is 3.62. The molecule has 0 aliphatic heterocycles. The van der Waals surface area contributed by atoms with Crippen molar-refractivity contribution < 1.29 is 18.0 Å². The number of anilines is 1. The Balaban J connectivity index is 1.58. The molecule has 5 nitrogen and oxygen atoms in total. The summed E-state index contributed by atoms with van der Waals surface area (Å²) in [5, 5.41) is 13.1. The highest BCUT2D eigenvalue weighted by molar-refractivity contribution is 8.01. The van der Waals surface area contributed by atoms with Gasteiger partial charge >= 0.3 is 6.18 Å². The quantitative estimate of drug-likeness (QED) is 0.422. The number of rotatable bonds is 4. The van der Waals surface area contributed by atoms with E-state index in [0.29, 0.717) is 30.1 Å². The molecule has 0 saturated heterocycles. The predicted octanol–water partition coefficient (Wildman–Crippen LogP) is 5.57. The zero-order valence-electron chi connectivity index (χ0n) is 13.7. The van der Waals surface area contributed by atoms with Gasteiger partial charge in [0.2, 0.25) is 5.13 Å². The minimum Gasteiger partial charge on any atom is -0.296 e. The van der Waals surface area contributed by atoms with Crippen LogP contribution in [0.1, 0.15) is 15.2 Å². The monoisotopic (exact) mass is 438 g/mol. The number of halogens is 3. The van der Waals surface area contributed by atoms with Crippen molar-refractivity contribution >= 4 is 56.4 Å². The minimum absolute atomic E-state index is 0.285. The number of fused-ring (bicyclic) bond motifs is 1. The van der Waals surface area contributed by atoms with Crippen LogP contribution in [0.25, 0.3) is 10.9 Å². The Hall–Kier alpha value is -2.50. The number of carbonyl (C=O) groups excluding carboxylic acids is 1. The summed E-state index contributed by atoms with van der Waals surface area (Å²) in [6, 6.07) is 8.51. The normalized spacial score (nSPS) is 11.7. The van der Waals surface area contributed by atoms with Crippen LogP contribution in [0.2, 0.25) is 0 Å². The van der Waals surface area contributed by atoms with E-state index in [9.17, 15) is 18.0 Å². The number of amides is 1. The van der Waals surface area contributed by atoms with E-state index in [-0.39, 0.29) is 5.91 Å². The summed E-state index contributed by atoms with van der Waals surface area (Å²) in [4.78, 5) is 17.3. The molecule has 1 N–H and O–H groups in total. The molecule has 4 aromatic rings. The first-order valence-corrected chi connectivity index (χ1v) is 10.2. The molecule has 3 aromatic heterocycles. The van der Waals surface area contributed by atoms with Crippen LogP contribution in [-0.2, 0) is 6.18 Å². The highest BCUT2D eigenvalue weighted by Gasteiger charge is 2.30. The highest BCUT2D eigenvalue weighted by Crippen LogP contribution is 2.38. The van der Waals surface area contributed by atoms with Gasteiger partial charge in [0.05, 0.1) is 16.0 Å². The third kappa shape index (κ3) is 4.01. The molecule has 11 heteroatoms. The number of alkyl halides is 3. The SMILES string of the molecule is O=C(Nc1nnc(Sc2ccnc3ccc(C(F)(F)F)cc23)s1)c1cccs1. The average molecular weight is 438 g/mol. The number of thiophene rings is 1. The van der Waals surface area contributed by atoms with E-state index in [1.165, 1.54) is 35.4 Å². The van der Waals surface area contributed by atoms with E-state index < -0.39 is 11.7 Å². The second-order valence-electron chi connectivity index (χ2n) is 5.45. The van der Waals surface area contributed by atoms with Gasteiger partial charge in [-0.15, -0.1) is 21.5 Å². The molecule has 0 bridgehead atoms. The van der Waals surface area contributed by atoms with E-state index in [0.717, 1.165) is 23.5 Å². The van der Waals surface area contributed by atoms with Crippen molar-refractivity contribution in [2.45, 2.75) is 15.4 Å². The first-order chi connectivity index (χ1) is 13.4. The van der Waals surface area contributed by atoms with Gasteiger partial charge in [0.25, 0.3) is 5.91 Å². The lowest BCUT2D eigenvalue weighted by atomic mass is 10.1. The van der Waals surface area contributed by atoms with Crippen molar-refractivity contribution in [3.63, 3.8) is 0 Å². The highest BCUT2D eigenvalue weighted by atomic mass is 32.2. The number of hydrogen-bond donors (Lipinski definition) is 1. The smallest absolute Gasteiger partial charge is 0.296 e. The Kier molecular flexibility index (Phi) is 5.04. The third-order valence-electron chi connectivity index (χ3n) is 3.60. The molecule has 0 fully saturated rings. The van der Waals surface area contributed by atoms with Crippen molar-refractivity contribution in [3.8, 4) is 0 Å². The van der Waals surface area contributed by atoms with Gasteiger partial charge in [-0.3, -0.25) is 15.1 Å². The molecule has 0 unspecified atom stereocenters. The van der Waals surface area contributed by atoms with E-state index >= 15 is 0 Å². The van der Waals surface area contributed by atoms with Crippen LogP contribution < -0.4 is 5.32 Å². The Bertz CT molecular complexity index is 1140. The van der Waals surface area contributed by atoms with Gasteiger partial charge in [-0.25, -0.2) is 0 Å². The number of pyridine rings is 1. The number of hydrogen-bond acceptors (Lipinski definition) is 7. The molecule has 28 heavy (non-hydrogen) atoms. The molecule has 0 radical (unpaired) electrons. The first kappa shape index (κ1) is 18.8. The van der Waals surface area contributed by atoms with Gasteiger partial charge in [0.15, 0.2) is 4.34 Å². The van der Waals surface area contributed by atoms with Crippen LogP contribution in [0, 0.1) is 0 Å². The van der Waals surface area contributed by atoms with E-state index in [1.54, 1.807) is 23.6 Å². The molecule has 142 valence electrons. The van der Waals surface area contributed by atoms with Crippen molar-refractivity contribution in [1.29, 1.82) is 0 Å². The summed E-state index contributed by atoms with van der Waals surface area (Å²) in [7, 11) is 0. The predicted molar refractivity (Wildman–Crippen MR) is 103 cm³/mol. The van der Waals surface area contributed by atoms with Crippen molar-refractivity contribution in [1.82, 2.24) is 15.2 Å². The fraction of sp³-hybridized carbons (Fsp3) is 0.0588. The topological polar surface area (TPSA) is 67.8 Å². The maximum Gasteiger partial charge on any atom is 0.416 e. The molecule has 1 aromatic carbocycles. The largest absolute Gasteiger partial charge is 0.416 e. The van der Waals surface area contributed by atoms with Crippen LogP contribution >= 0.6 is 34.4 Å². The molecule has 4 rings (SSSR count). The van der Waals surface area contributed by atoms with Gasteiger partial charge in [-0.05, 0) is 35.7 Å². The molecule has 1 amide bonds. The molecule has 0 atom stereocenters. The van der Waals surface area contributed by atoms with Crippen LogP contribution in [0.15, 0.2) is 57.2 Å². The van der Waals surface area contributed by atoms with E-state index in [2.05, 4.69) is 20.5 Å². The molecule has 0 aliphatic rings. The number of benzene rings is 1.